The zero-order valence-corrected chi connectivity index (χ0v) is 11.9. The van der Waals surface area contributed by atoms with Gasteiger partial charge in [-0.3, -0.25) is 9.58 Å². The van der Waals surface area contributed by atoms with E-state index in [0.717, 1.165) is 38.5 Å². The summed E-state index contributed by atoms with van der Waals surface area (Å²) in [6, 6.07) is 0.416. The first-order valence-electron chi connectivity index (χ1n) is 6.46. The zero-order chi connectivity index (χ0) is 13.4. The van der Waals surface area contributed by atoms with Gasteiger partial charge in [-0.15, -0.1) is 5.10 Å². The molecule has 0 aromatic carbocycles. The van der Waals surface area contributed by atoms with Gasteiger partial charge in [0.25, 0.3) is 0 Å². The molecule has 1 aromatic rings. The summed E-state index contributed by atoms with van der Waals surface area (Å²) in [6.07, 6.45) is 2.00. The highest BCUT2D eigenvalue weighted by Gasteiger charge is 2.09. The summed E-state index contributed by atoms with van der Waals surface area (Å²) in [5, 5.41) is 11.5. The molecule has 1 unspecified atom stereocenters. The van der Waals surface area contributed by atoms with E-state index < -0.39 is 0 Å². The Morgan fingerprint density at radius 1 is 1.56 bits per heavy atom. The average molecular weight is 255 g/mol. The van der Waals surface area contributed by atoms with Crippen LogP contribution in [0.2, 0.25) is 0 Å². The fourth-order valence-corrected chi connectivity index (χ4v) is 1.63. The summed E-state index contributed by atoms with van der Waals surface area (Å²) in [6.45, 7) is 8.51. The van der Waals surface area contributed by atoms with E-state index in [9.17, 15) is 0 Å². The van der Waals surface area contributed by atoms with Crippen molar-refractivity contribution in [2.75, 3.05) is 33.9 Å². The third kappa shape index (κ3) is 5.12. The van der Waals surface area contributed by atoms with E-state index in [4.69, 9.17) is 4.74 Å². The van der Waals surface area contributed by atoms with Crippen LogP contribution in [-0.2, 0) is 17.8 Å². The standard InChI is InChI=1S/C12H25N5O/c1-5-13-8-12-9-17(15-14-12)7-6-16(3)11(2)10-18-4/h9,11,13H,5-8,10H2,1-4H3. The highest BCUT2D eigenvalue weighted by Crippen LogP contribution is 1.98. The number of ether oxygens (including phenoxy) is 1. The van der Waals surface area contributed by atoms with E-state index in [-0.39, 0.29) is 0 Å². The molecule has 0 saturated heterocycles. The Morgan fingerprint density at radius 3 is 3.00 bits per heavy atom. The molecule has 0 radical (unpaired) electrons. The van der Waals surface area contributed by atoms with E-state index in [2.05, 4.69) is 41.4 Å². The molecular weight excluding hydrogens is 230 g/mol. The zero-order valence-electron chi connectivity index (χ0n) is 11.9. The van der Waals surface area contributed by atoms with E-state index >= 15 is 0 Å². The van der Waals surface area contributed by atoms with Gasteiger partial charge in [-0.2, -0.15) is 0 Å². The Kier molecular flexibility index (Phi) is 6.85. The Balaban J connectivity index is 2.32. The van der Waals surface area contributed by atoms with Crippen LogP contribution in [0, 0.1) is 0 Å². The lowest BCUT2D eigenvalue weighted by atomic mass is 10.3. The monoisotopic (exact) mass is 255 g/mol. The van der Waals surface area contributed by atoms with E-state index in [1.165, 1.54) is 0 Å². The summed E-state index contributed by atoms with van der Waals surface area (Å²) in [4.78, 5) is 2.26. The van der Waals surface area contributed by atoms with Crippen molar-refractivity contribution in [1.82, 2.24) is 25.2 Å². The van der Waals surface area contributed by atoms with E-state index in [0.29, 0.717) is 6.04 Å². The second kappa shape index (κ2) is 8.18. The highest BCUT2D eigenvalue weighted by molar-refractivity contribution is 4.91. The summed E-state index contributed by atoms with van der Waals surface area (Å²) >= 11 is 0. The lowest BCUT2D eigenvalue weighted by Crippen LogP contribution is -2.35. The molecule has 0 aliphatic carbocycles. The Labute approximate surface area is 109 Å². The highest BCUT2D eigenvalue weighted by atomic mass is 16.5. The summed E-state index contributed by atoms with van der Waals surface area (Å²) in [5.74, 6) is 0. The average Bonchev–Trinajstić information content (AvgIpc) is 2.81. The van der Waals surface area contributed by atoms with Gasteiger partial charge in [0.1, 0.15) is 0 Å². The maximum atomic E-state index is 5.14. The van der Waals surface area contributed by atoms with Crippen molar-refractivity contribution in [1.29, 1.82) is 0 Å². The largest absolute Gasteiger partial charge is 0.383 e. The van der Waals surface area contributed by atoms with Gasteiger partial charge in [0.15, 0.2) is 0 Å². The minimum atomic E-state index is 0.416. The van der Waals surface area contributed by atoms with Gasteiger partial charge in [0, 0.05) is 32.4 Å². The molecule has 1 atom stereocenters. The molecule has 1 rings (SSSR count). The molecule has 0 fully saturated rings. The minimum absolute atomic E-state index is 0.416. The topological polar surface area (TPSA) is 55.2 Å². The number of nitrogens with one attached hydrogen (secondary N) is 1. The molecule has 1 N–H and O–H groups in total. The van der Waals surface area contributed by atoms with E-state index in [1.54, 1.807) is 7.11 Å². The second-order valence-electron chi connectivity index (χ2n) is 4.54. The van der Waals surface area contributed by atoms with Crippen molar-refractivity contribution in [2.45, 2.75) is 33.0 Å². The number of aromatic nitrogens is 3. The first kappa shape index (κ1) is 15.1. The SMILES string of the molecule is CCNCc1cn(CCN(C)C(C)COC)nn1. The number of methoxy groups -OCH3 is 1. The number of likely N-dealkylation sites (N-methyl/N-ethyl adjacent to an activating group) is 1. The maximum absolute atomic E-state index is 5.14. The number of nitrogens with zero attached hydrogens (tertiary/aromatic N) is 4. The van der Waals surface area contributed by atoms with Gasteiger partial charge >= 0.3 is 0 Å². The van der Waals surface area contributed by atoms with Crippen molar-refractivity contribution in [3.8, 4) is 0 Å². The van der Waals surface area contributed by atoms with Crippen molar-refractivity contribution in [2.24, 2.45) is 0 Å². The maximum Gasteiger partial charge on any atom is 0.0964 e. The quantitative estimate of drug-likeness (QED) is 0.690. The molecular formula is C12H25N5O. The Hall–Kier alpha value is -0.980. The number of hydrogen-bond acceptors (Lipinski definition) is 5. The van der Waals surface area contributed by atoms with Crippen LogP contribution in [0.15, 0.2) is 6.20 Å². The molecule has 6 nitrogen and oxygen atoms in total. The number of hydrogen-bond donors (Lipinski definition) is 1. The molecule has 104 valence electrons. The first-order valence-corrected chi connectivity index (χ1v) is 6.46. The van der Waals surface area contributed by atoms with Gasteiger partial charge in [0.05, 0.1) is 18.8 Å². The van der Waals surface area contributed by atoms with Crippen molar-refractivity contribution < 1.29 is 4.74 Å². The van der Waals surface area contributed by atoms with Crippen LogP contribution >= 0.6 is 0 Å². The molecule has 18 heavy (non-hydrogen) atoms. The fourth-order valence-electron chi connectivity index (χ4n) is 1.63. The predicted molar refractivity (Wildman–Crippen MR) is 71.4 cm³/mol. The van der Waals surface area contributed by atoms with Gasteiger partial charge in [0.2, 0.25) is 0 Å². The second-order valence-corrected chi connectivity index (χ2v) is 4.54. The molecule has 0 spiro atoms. The number of rotatable bonds is 9. The van der Waals surface area contributed by atoms with Gasteiger partial charge in [-0.05, 0) is 20.5 Å². The van der Waals surface area contributed by atoms with Crippen molar-refractivity contribution in [3.63, 3.8) is 0 Å². The summed E-state index contributed by atoms with van der Waals surface area (Å²) < 4.78 is 7.03. The summed E-state index contributed by atoms with van der Waals surface area (Å²) in [5.41, 5.74) is 0.990. The lowest BCUT2D eigenvalue weighted by Gasteiger charge is -2.23. The minimum Gasteiger partial charge on any atom is -0.383 e. The van der Waals surface area contributed by atoms with Gasteiger partial charge in [-0.25, -0.2) is 0 Å². The lowest BCUT2D eigenvalue weighted by molar-refractivity contribution is 0.113. The van der Waals surface area contributed by atoms with Crippen LogP contribution < -0.4 is 5.32 Å². The van der Waals surface area contributed by atoms with Gasteiger partial charge in [-0.1, -0.05) is 12.1 Å². The third-order valence-corrected chi connectivity index (χ3v) is 2.98. The molecule has 0 aliphatic rings. The smallest absolute Gasteiger partial charge is 0.0964 e. The molecule has 0 aliphatic heterocycles. The van der Waals surface area contributed by atoms with Crippen molar-refractivity contribution in [3.05, 3.63) is 11.9 Å². The normalized spacial score (nSPS) is 13.2. The molecule has 1 aromatic heterocycles. The molecule has 0 bridgehead atoms. The third-order valence-electron chi connectivity index (χ3n) is 2.98. The van der Waals surface area contributed by atoms with Crippen LogP contribution in [0.25, 0.3) is 0 Å². The van der Waals surface area contributed by atoms with Crippen LogP contribution in [0.4, 0.5) is 0 Å². The molecule has 6 heteroatoms. The Bertz CT molecular complexity index is 328. The van der Waals surface area contributed by atoms with Crippen molar-refractivity contribution >= 4 is 0 Å². The van der Waals surface area contributed by atoms with E-state index in [1.807, 2.05) is 10.9 Å². The molecule has 0 saturated carbocycles. The van der Waals surface area contributed by atoms with Crippen LogP contribution in [0.5, 0.6) is 0 Å². The fraction of sp³-hybridized carbons (Fsp3) is 0.833. The first-order chi connectivity index (χ1) is 8.67. The predicted octanol–water partition coefficient (Wildman–Crippen LogP) is 0.354. The summed E-state index contributed by atoms with van der Waals surface area (Å²) in [7, 11) is 3.83. The molecule has 1 heterocycles. The Morgan fingerprint density at radius 2 is 2.33 bits per heavy atom. The van der Waals surface area contributed by atoms with Crippen LogP contribution in [0.3, 0.4) is 0 Å². The molecule has 0 amide bonds. The van der Waals surface area contributed by atoms with Gasteiger partial charge < -0.3 is 10.1 Å². The van der Waals surface area contributed by atoms with Crippen LogP contribution in [-0.4, -0.2) is 59.8 Å². The van der Waals surface area contributed by atoms with Crippen LogP contribution in [0.1, 0.15) is 19.5 Å².